The number of likely N-dealkylation sites (tertiary alicyclic amines) is 1. The van der Waals surface area contributed by atoms with Gasteiger partial charge in [-0.1, -0.05) is 11.2 Å². The molecule has 0 radical (unpaired) electrons. The third-order valence-corrected chi connectivity index (χ3v) is 6.18. The van der Waals surface area contributed by atoms with Crippen molar-refractivity contribution < 1.29 is 35.2 Å². The van der Waals surface area contributed by atoms with Crippen molar-refractivity contribution in [3.63, 3.8) is 0 Å². The molecule has 7 nitrogen and oxygen atoms in total. The molecule has 178 valence electrons. The maximum atomic E-state index is 14.4. The van der Waals surface area contributed by atoms with Crippen LogP contribution in [0.2, 0.25) is 0 Å². The lowest BCUT2D eigenvalue weighted by atomic mass is 9.90. The Morgan fingerprint density at radius 1 is 1.21 bits per heavy atom. The molecule has 33 heavy (non-hydrogen) atoms. The predicted octanol–water partition coefficient (Wildman–Crippen LogP) is 2.98. The highest BCUT2D eigenvalue weighted by Gasteiger charge is 2.52. The number of amidine groups is 1. The van der Waals surface area contributed by atoms with E-state index in [4.69, 9.17) is 4.84 Å². The summed E-state index contributed by atoms with van der Waals surface area (Å²) >= 11 is 0. The Labute approximate surface area is 186 Å². The second-order valence-corrected chi connectivity index (χ2v) is 10.0. The number of benzene rings is 1. The van der Waals surface area contributed by atoms with Crippen LogP contribution in [0.15, 0.2) is 35.6 Å². The molecule has 2 aliphatic rings. The van der Waals surface area contributed by atoms with E-state index in [1.165, 1.54) is 11.8 Å². The molecule has 1 aromatic carbocycles. The van der Waals surface area contributed by atoms with Gasteiger partial charge in [0.25, 0.3) is 5.92 Å². The first-order valence-corrected chi connectivity index (χ1v) is 11.6. The summed E-state index contributed by atoms with van der Waals surface area (Å²) in [5.74, 6) is -6.03. The van der Waals surface area contributed by atoms with Crippen molar-refractivity contribution in [1.29, 1.82) is 0 Å². The summed E-state index contributed by atoms with van der Waals surface area (Å²) in [6, 6.07) is 2.41. The minimum absolute atomic E-state index is 0.0385. The van der Waals surface area contributed by atoms with Crippen molar-refractivity contribution in [3.05, 3.63) is 53.6 Å². The standard InChI is InChI=1S/C20H19F5N4O3S/c1-19(18-12(6-11(21)8-26-18)17-13(22)4-3-5-14(17)23)7-16(27-32-19)29-9-15(20(24,25)10-29)28-33(2,30)31/h3-6,8,15,28H,7,9-10H2,1-2H3/t15-,19+/m1/s1. The molecule has 0 bridgehead atoms. The van der Waals surface area contributed by atoms with Gasteiger partial charge in [-0.3, -0.25) is 4.98 Å². The van der Waals surface area contributed by atoms with Crippen molar-refractivity contribution >= 4 is 15.9 Å². The highest BCUT2D eigenvalue weighted by Crippen LogP contribution is 2.42. The maximum absolute atomic E-state index is 14.4. The molecule has 2 atom stereocenters. The van der Waals surface area contributed by atoms with Gasteiger partial charge in [0.2, 0.25) is 10.0 Å². The first kappa shape index (κ1) is 23.4. The number of oxime groups is 1. The van der Waals surface area contributed by atoms with E-state index in [0.29, 0.717) is 0 Å². The smallest absolute Gasteiger partial charge is 0.282 e. The van der Waals surface area contributed by atoms with Crippen molar-refractivity contribution in [2.24, 2.45) is 5.16 Å². The zero-order valence-corrected chi connectivity index (χ0v) is 18.3. The first-order chi connectivity index (χ1) is 15.3. The minimum atomic E-state index is -3.88. The second-order valence-electron chi connectivity index (χ2n) is 8.24. The number of pyridine rings is 1. The van der Waals surface area contributed by atoms with Crippen LogP contribution in [0.1, 0.15) is 19.0 Å². The molecule has 0 aliphatic carbocycles. The molecule has 1 aromatic heterocycles. The molecule has 1 saturated heterocycles. The summed E-state index contributed by atoms with van der Waals surface area (Å²) in [7, 11) is -3.88. The number of alkyl halides is 2. The summed E-state index contributed by atoms with van der Waals surface area (Å²) in [5, 5.41) is 3.86. The van der Waals surface area contributed by atoms with Crippen LogP contribution < -0.4 is 4.72 Å². The third kappa shape index (κ3) is 4.51. The Morgan fingerprint density at radius 2 is 1.88 bits per heavy atom. The molecule has 0 amide bonds. The quantitative estimate of drug-likeness (QED) is 0.667. The van der Waals surface area contributed by atoms with E-state index in [9.17, 15) is 30.4 Å². The van der Waals surface area contributed by atoms with E-state index in [0.717, 1.165) is 36.7 Å². The fourth-order valence-electron chi connectivity index (χ4n) is 3.98. The Kier molecular flexibility index (Phi) is 5.60. The van der Waals surface area contributed by atoms with Crippen LogP contribution >= 0.6 is 0 Å². The van der Waals surface area contributed by atoms with E-state index in [-0.39, 0.29) is 30.1 Å². The van der Waals surface area contributed by atoms with Gasteiger partial charge in [0.05, 0.1) is 36.7 Å². The summed E-state index contributed by atoms with van der Waals surface area (Å²) in [5.41, 5.74) is -2.20. The Morgan fingerprint density at radius 3 is 2.52 bits per heavy atom. The number of aromatic nitrogens is 1. The molecule has 0 unspecified atom stereocenters. The zero-order valence-electron chi connectivity index (χ0n) is 17.4. The molecule has 3 heterocycles. The van der Waals surface area contributed by atoms with E-state index >= 15 is 0 Å². The third-order valence-electron chi connectivity index (χ3n) is 5.47. The lowest BCUT2D eigenvalue weighted by Gasteiger charge is -2.25. The van der Waals surface area contributed by atoms with Crippen LogP contribution in [0.5, 0.6) is 0 Å². The molecule has 13 heteroatoms. The average molecular weight is 490 g/mol. The average Bonchev–Trinajstić information content (AvgIpc) is 3.21. The molecular formula is C20H19F5N4O3S. The van der Waals surface area contributed by atoms with Crippen LogP contribution in [-0.2, 0) is 20.5 Å². The number of nitrogens with one attached hydrogen (secondary N) is 1. The molecule has 2 aromatic rings. The van der Waals surface area contributed by atoms with Gasteiger partial charge in [0.1, 0.15) is 29.3 Å². The number of sulfonamides is 1. The number of halogens is 5. The predicted molar refractivity (Wildman–Crippen MR) is 108 cm³/mol. The van der Waals surface area contributed by atoms with Crippen molar-refractivity contribution in [1.82, 2.24) is 14.6 Å². The Bertz CT molecular complexity index is 1220. The van der Waals surface area contributed by atoms with Gasteiger partial charge >= 0.3 is 0 Å². The van der Waals surface area contributed by atoms with Gasteiger partial charge in [0, 0.05) is 12.1 Å². The monoisotopic (exact) mass is 490 g/mol. The number of hydrogen-bond acceptors (Lipinski definition) is 6. The minimum Gasteiger partial charge on any atom is -0.381 e. The zero-order chi connectivity index (χ0) is 24.2. The normalized spacial score (nSPS) is 24.6. The molecular weight excluding hydrogens is 471 g/mol. The molecule has 0 spiro atoms. The highest BCUT2D eigenvalue weighted by molar-refractivity contribution is 7.88. The molecule has 0 saturated carbocycles. The Balaban J connectivity index is 1.64. The lowest BCUT2D eigenvalue weighted by Crippen LogP contribution is -2.46. The molecule has 1 fully saturated rings. The van der Waals surface area contributed by atoms with E-state index in [2.05, 4.69) is 10.1 Å². The Hall–Kier alpha value is -2.80. The lowest BCUT2D eigenvalue weighted by molar-refractivity contribution is -0.0104. The van der Waals surface area contributed by atoms with Gasteiger partial charge in [-0.2, -0.15) is 0 Å². The first-order valence-electron chi connectivity index (χ1n) is 9.75. The van der Waals surface area contributed by atoms with Gasteiger partial charge in [-0.05, 0) is 25.1 Å². The highest BCUT2D eigenvalue weighted by atomic mass is 32.2. The van der Waals surface area contributed by atoms with Crippen molar-refractivity contribution in [2.45, 2.75) is 30.9 Å². The fourth-order valence-corrected chi connectivity index (χ4v) is 4.75. The number of hydrogen-bond donors (Lipinski definition) is 1. The van der Waals surface area contributed by atoms with Crippen LogP contribution in [0.3, 0.4) is 0 Å². The van der Waals surface area contributed by atoms with Crippen LogP contribution in [-0.4, -0.2) is 55.4 Å². The van der Waals surface area contributed by atoms with Crippen LogP contribution in [0.25, 0.3) is 11.1 Å². The van der Waals surface area contributed by atoms with Gasteiger partial charge in [-0.25, -0.2) is 35.1 Å². The molecule has 4 rings (SSSR count). The molecule has 2 aliphatic heterocycles. The number of nitrogens with zero attached hydrogens (tertiary/aromatic N) is 3. The SMILES string of the molecule is C[C@@]1(c2ncc(F)cc2-c2c(F)cccc2F)CC(N2C[C@@H](NS(C)(=O)=O)C(F)(F)C2)=NO1. The van der Waals surface area contributed by atoms with E-state index in [1.54, 1.807) is 0 Å². The maximum Gasteiger partial charge on any atom is 0.282 e. The van der Waals surface area contributed by atoms with Gasteiger partial charge in [0.15, 0.2) is 5.60 Å². The summed E-state index contributed by atoms with van der Waals surface area (Å²) in [6.45, 7) is 0.292. The fraction of sp³-hybridized carbons (Fsp3) is 0.400. The topological polar surface area (TPSA) is 83.9 Å². The van der Waals surface area contributed by atoms with Gasteiger partial charge < -0.3 is 9.74 Å². The van der Waals surface area contributed by atoms with Crippen molar-refractivity contribution in [2.75, 3.05) is 19.3 Å². The van der Waals surface area contributed by atoms with Crippen LogP contribution in [0, 0.1) is 17.5 Å². The second kappa shape index (κ2) is 7.90. The van der Waals surface area contributed by atoms with E-state index < -0.39 is 57.1 Å². The van der Waals surface area contributed by atoms with Gasteiger partial charge in [-0.15, -0.1) is 0 Å². The van der Waals surface area contributed by atoms with Crippen molar-refractivity contribution in [3.8, 4) is 11.1 Å². The molecule has 1 N–H and O–H groups in total. The number of rotatable bonds is 4. The summed E-state index contributed by atoms with van der Waals surface area (Å²) in [4.78, 5) is 10.6. The summed E-state index contributed by atoms with van der Waals surface area (Å²) in [6.07, 6.45) is 1.50. The van der Waals surface area contributed by atoms with Crippen LogP contribution in [0.4, 0.5) is 22.0 Å². The van der Waals surface area contributed by atoms with E-state index in [1.807, 2.05) is 4.72 Å². The summed E-state index contributed by atoms with van der Waals surface area (Å²) < 4.78 is 96.4. The largest absolute Gasteiger partial charge is 0.381 e.